The van der Waals surface area contributed by atoms with Crippen molar-refractivity contribution in [1.82, 2.24) is 0 Å². The predicted octanol–water partition coefficient (Wildman–Crippen LogP) is 2.87. The fourth-order valence-corrected chi connectivity index (χ4v) is 2.63. The Kier molecular flexibility index (Phi) is 9.79. The van der Waals surface area contributed by atoms with E-state index in [0.29, 0.717) is 19.8 Å². The van der Waals surface area contributed by atoms with Crippen molar-refractivity contribution < 1.29 is 18.3 Å². The molecule has 92 valence electrons. The molecule has 0 fully saturated rings. The summed E-state index contributed by atoms with van der Waals surface area (Å²) in [5.74, 6) is 0. The predicted molar refractivity (Wildman–Crippen MR) is 61.4 cm³/mol. The Morgan fingerprint density at radius 2 is 1.33 bits per heavy atom. The molecule has 0 aromatic carbocycles. The van der Waals surface area contributed by atoms with Gasteiger partial charge in [0.05, 0.1) is 6.61 Å². The summed E-state index contributed by atoms with van der Waals surface area (Å²) in [5.41, 5.74) is 0. The van der Waals surface area contributed by atoms with Crippen molar-refractivity contribution in [3.8, 4) is 0 Å². The number of halogens is 1. The zero-order valence-electron chi connectivity index (χ0n) is 9.75. The molecule has 0 rings (SSSR count). The van der Waals surface area contributed by atoms with Crippen LogP contribution in [0.1, 0.15) is 40.0 Å². The molecule has 0 spiro atoms. The highest BCUT2D eigenvalue weighted by Crippen LogP contribution is 2.16. The molecule has 15 heavy (non-hydrogen) atoms. The Morgan fingerprint density at radius 3 is 1.73 bits per heavy atom. The monoisotopic (exact) mass is 256 g/mol. The van der Waals surface area contributed by atoms with E-state index in [0.717, 1.165) is 19.3 Å². The molecule has 4 nitrogen and oxygen atoms in total. The lowest BCUT2D eigenvalue weighted by Crippen LogP contribution is -2.40. The van der Waals surface area contributed by atoms with Gasteiger partial charge in [-0.1, -0.05) is 31.9 Å². The van der Waals surface area contributed by atoms with Crippen LogP contribution in [0.4, 0.5) is 0 Å². The second-order valence-electron chi connectivity index (χ2n) is 3.08. The standard InChI is InChI=1S/C9H21ClO4Si/c1-4-7-11-14-15(10,12-8-5-2)13-9-6-3/h4-9H2,1-3H3. The molecule has 6 heteroatoms. The van der Waals surface area contributed by atoms with Crippen LogP contribution in [-0.2, 0) is 18.3 Å². The van der Waals surface area contributed by atoms with E-state index in [-0.39, 0.29) is 0 Å². The van der Waals surface area contributed by atoms with Crippen molar-refractivity contribution in [2.75, 3.05) is 19.8 Å². The first-order chi connectivity index (χ1) is 7.18. The maximum Gasteiger partial charge on any atom is 0.641 e. The molecule has 0 saturated carbocycles. The Labute approximate surface area is 97.8 Å². The molecule has 0 atom stereocenters. The SMILES string of the molecule is CCCOO[Si](Cl)(OCCC)OCCC. The van der Waals surface area contributed by atoms with Gasteiger partial charge >= 0.3 is 8.11 Å². The third-order valence-electron chi connectivity index (χ3n) is 1.40. The lowest BCUT2D eigenvalue weighted by molar-refractivity contribution is -0.245. The maximum atomic E-state index is 6.08. The molecule has 0 aromatic heterocycles. The van der Waals surface area contributed by atoms with E-state index < -0.39 is 8.11 Å². The van der Waals surface area contributed by atoms with Gasteiger partial charge < -0.3 is 8.85 Å². The van der Waals surface area contributed by atoms with Crippen molar-refractivity contribution >= 4 is 19.2 Å². The highest BCUT2D eigenvalue weighted by molar-refractivity contribution is 7.09. The molecule has 0 aliphatic carbocycles. The minimum absolute atomic E-state index is 0.493. The van der Waals surface area contributed by atoms with Crippen molar-refractivity contribution in [1.29, 1.82) is 0 Å². The zero-order chi connectivity index (χ0) is 11.6. The summed E-state index contributed by atoms with van der Waals surface area (Å²) >= 11 is 6.08. The summed E-state index contributed by atoms with van der Waals surface area (Å²) in [5, 5.41) is 0. The minimum atomic E-state index is -3.08. The molecule has 0 heterocycles. The Bertz CT molecular complexity index is 140. The van der Waals surface area contributed by atoms with Gasteiger partial charge in [0.25, 0.3) is 0 Å². The lowest BCUT2D eigenvalue weighted by Gasteiger charge is -2.21. The molecule has 0 aliphatic heterocycles. The summed E-state index contributed by atoms with van der Waals surface area (Å²) in [6.45, 7) is 7.52. The molecule has 0 saturated heterocycles. The van der Waals surface area contributed by atoms with E-state index in [9.17, 15) is 0 Å². The van der Waals surface area contributed by atoms with E-state index in [2.05, 4.69) is 0 Å². The van der Waals surface area contributed by atoms with Gasteiger partial charge in [0.2, 0.25) is 0 Å². The topological polar surface area (TPSA) is 36.9 Å². The van der Waals surface area contributed by atoms with Crippen LogP contribution in [0.25, 0.3) is 0 Å². The number of hydrogen-bond donors (Lipinski definition) is 0. The van der Waals surface area contributed by atoms with Gasteiger partial charge in [-0.2, -0.15) is 0 Å². The second kappa shape index (κ2) is 9.56. The average molecular weight is 257 g/mol. The van der Waals surface area contributed by atoms with Gasteiger partial charge in [-0.05, 0) is 19.3 Å². The van der Waals surface area contributed by atoms with Crippen LogP contribution >= 0.6 is 11.1 Å². The molecular weight excluding hydrogens is 236 g/mol. The van der Waals surface area contributed by atoms with Gasteiger partial charge in [0, 0.05) is 13.2 Å². The highest BCUT2D eigenvalue weighted by Gasteiger charge is 2.41. The molecule has 0 N–H and O–H groups in total. The third-order valence-corrected chi connectivity index (χ3v) is 3.66. The van der Waals surface area contributed by atoms with Gasteiger partial charge in [-0.25, -0.2) is 9.46 Å². The zero-order valence-corrected chi connectivity index (χ0v) is 11.5. The summed E-state index contributed by atoms with van der Waals surface area (Å²) in [7, 11) is -3.08. The van der Waals surface area contributed by atoms with Crippen LogP contribution in [0.15, 0.2) is 0 Å². The highest BCUT2D eigenvalue weighted by atomic mass is 35.6. The van der Waals surface area contributed by atoms with Crippen LogP contribution in [0.5, 0.6) is 0 Å². The molecular formula is C9H21ClO4Si. The van der Waals surface area contributed by atoms with Crippen LogP contribution in [0, 0.1) is 0 Å². The van der Waals surface area contributed by atoms with Crippen LogP contribution < -0.4 is 0 Å². The fraction of sp³-hybridized carbons (Fsp3) is 1.00. The average Bonchev–Trinajstić information content (AvgIpc) is 2.24. The van der Waals surface area contributed by atoms with Crippen molar-refractivity contribution in [3.63, 3.8) is 0 Å². The van der Waals surface area contributed by atoms with Crippen LogP contribution in [-0.4, -0.2) is 27.9 Å². The van der Waals surface area contributed by atoms with E-state index in [1.54, 1.807) is 0 Å². The fourth-order valence-electron chi connectivity index (χ4n) is 0.733. The smallest absolute Gasteiger partial charge is 0.360 e. The van der Waals surface area contributed by atoms with Crippen molar-refractivity contribution in [2.24, 2.45) is 0 Å². The summed E-state index contributed by atoms with van der Waals surface area (Å²) in [4.78, 5) is 4.92. The Morgan fingerprint density at radius 1 is 0.867 bits per heavy atom. The Hall–Kier alpha value is 0.347. The van der Waals surface area contributed by atoms with Crippen molar-refractivity contribution in [2.45, 2.75) is 40.0 Å². The summed E-state index contributed by atoms with van der Waals surface area (Å²) < 4.78 is 15.8. The lowest BCUT2D eigenvalue weighted by atomic mass is 10.5. The van der Waals surface area contributed by atoms with E-state index in [1.165, 1.54) is 0 Å². The molecule has 0 aromatic rings. The molecule has 0 amide bonds. The molecule has 0 unspecified atom stereocenters. The number of rotatable bonds is 10. The van der Waals surface area contributed by atoms with E-state index in [4.69, 9.17) is 29.4 Å². The van der Waals surface area contributed by atoms with Gasteiger partial charge in [-0.15, -0.1) is 0 Å². The molecule has 0 bridgehead atoms. The normalized spacial score (nSPS) is 12.0. The molecule has 0 radical (unpaired) electrons. The van der Waals surface area contributed by atoms with Gasteiger partial charge in [0.15, 0.2) is 0 Å². The minimum Gasteiger partial charge on any atom is -0.360 e. The quantitative estimate of drug-likeness (QED) is 0.198. The second-order valence-corrected chi connectivity index (χ2v) is 6.18. The van der Waals surface area contributed by atoms with E-state index >= 15 is 0 Å². The molecule has 0 aliphatic rings. The summed E-state index contributed by atoms with van der Waals surface area (Å²) in [6, 6.07) is 0. The first-order valence-electron chi connectivity index (χ1n) is 5.46. The maximum absolute atomic E-state index is 6.08. The van der Waals surface area contributed by atoms with Gasteiger partial charge in [0.1, 0.15) is 0 Å². The summed E-state index contributed by atoms with van der Waals surface area (Å²) in [6.07, 6.45) is 2.60. The van der Waals surface area contributed by atoms with Gasteiger partial charge in [-0.3, -0.25) is 0 Å². The number of hydrogen-bond acceptors (Lipinski definition) is 4. The third kappa shape index (κ3) is 8.18. The van der Waals surface area contributed by atoms with E-state index in [1.807, 2.05) is 20.8 Å². The van der Waals surface area contributed by atoms with Crippen LogP contribution in [0.2, 0.25) is 0 Å². The van der Waals surface area contributed by atoms with Crippen molar-refractivity contribution in [3.05, 3.63) is 0 Å². The first-order valence-corrected chi connectivity index (χ1v) is 8.19. The first kappa shape index (κ1) is 15.3. The largest absolute Gasteiger partial charge is 0.641 e. The Balaban J connectivity index is 3.89. The van der Waals surface area contributed by atoms with Crippen LogP contribution in [0.3, 0.4) is 0 Å².